The van der Waals surface area contributed by atoms with Gasteiger partial charge in [-0.1, -0.05) is 6.07 Å². The first-order valence-electron chi connectivity index (χ1n) is 8.26. The predicted molar refractivity (Wildman–Crippen MR) is 86.8 cm³/mol. The van der Waals surface area contributed by atoms with E-state index in [1.165, 1.54) is 0 Å². The molecule has 0 radical (unpaired) electrons. The van der Waals surface area contributed by atoms with Crippen LogP contribution in [0.15, 0.2) is 18.2 Å². The van der Waals surface area contributed by atoms with Crippen molar-refractivity contribution in [2.24, 2.45) is 23.7 Å². The van der Waals surface area contributed by atoms with Gasteiger partial charge in [-0.3, -0.25) is 9.59 Å². The van der Waals surface area contributed by atoms with Gasteiger partial charge in [0.2, 0.25) is 5.91 Å². The molecule has 0 heterocycles. The Labute approximate surface area is 141 Å². The van der Waals surface area contributed by atoms with E-state index in [9.17, 15) is 14.7 Å². The zero-order valence-electron chi connectivity index (χ0n) is 14.0. The van der Waals surface area contributed by atoms with Gasteiger partial charge in [0.15, 0.2) is 11.5 Å². The van der Waals surface area contributed by atoms with Gasteiger partial charge in [0, 0.05) is 6.54 Å². The van der Waals surface area contributed by atoms with Crippen molar-refractivity contribution in [1.29, 1.82) is 0 Å². The molecule has 2 fully saturated rings. The lowest BCUT2D eigenvalue weighted by Crippen LogP contribution is -2.41. The third kappa shape index (κ3) is 2.92. The third-order valence-electron chi connectivity index (χ3n) is 5.42. The molecule has 0 aliphatic heterocycles. The van der Waals surface area contributed by atoms with Gasteiger partial charge in [0.1, 0.15) is 0 Å². The molecule has 130 valence electrons. The van der Waals surface area contributed by atoms with Gasteiger partial charge in [-0.15, -0.1) is 0 Å². The molecule has 24 heavy (non-hydrogen) atoms. The van der Waals surface area contributed by atoms with Crippen molar-refractivity contribution in [3.8, 4) is 11.5 Å². The number of benzene rings is 1. The normalized spacial score (nSPS) is 27.8. The molecule has 0 unspecified atom stereocenters. The first kappa shape index (κ1) is 16.6. The summed E-state index contributed by atoms with van der Waals surface area (Å²) in [6.07, 6.45) is 2.76. The van der Waals surface area contributed by atoms with Crippen molar-refractivity contribution >= 4 is 11.9 Å². The van der Waals surface area contributed by atoms with Crippen LogP contribution in [0.2, 0.25) is 0 Å². The summed E-state index contributed by atoms with van der Waals surface area (Å²) in [6, 6.07) is 5.46. The Kier molecular flexibility index (Phi) is 4.64. The van der Waals surface area contributed by atoms with Gasteiger partial charge >= 0.3 is 5.97 Å². The number of fused-ring (bicyclic) bond motifs is 2. The molecule has 3 rings (SSSR count). The highest BCUT2D eigenvalue weighted by Crippen LogP contribution is 2.52. The van der Waals surface area contributed by atoms with Crippen molar-refractivity contribution in [3.63, 3.8) is 0 Å². The second-order valence-electron chi connectivity index (χ2n) is 6.63. The number of hydrogen-bond donors (Lipinski definition) is 2. The zero-order valence-corrected chi connectivity index (χ0v) is 14.0. The molecular weight excluding hydrogens is 310 g/mol. The molecule has 0 saturated heterocycles. The fraction of sp³-hybridized carbons (Fsp3) is 0.556. The Morgan fingerprint density at radius 3 is 2.42 bits per heavy atom. The van der Waals surface area contributed by atoms with Crippen molar-refractivity contribution in [3.05, 3.63) is 23.8 Å². The maximum Gasteiger partial charge on any atom is 0.307 e. The molecule has 4 atom stereocenters. The molecule has 2 aliphatic carbocycles. The number of amides is 1. The number of hydrogen-bond acceptors (Lipinski definition) is 4. The zero-order chi connectivity index (χ0) is 17.3. The van der Waals surface area contributed by atoms with E-state index < -0.39 is 17.8 Å². The average molecular weight is 333 g/mol. The average Bonchev–Trinajstić information content (AvgIpc) is 3.20. The molecule has 0 aromatic heterocycles. The number of carboxylic acid groups (broad SMARTS) is 1. The topological polar surface area (TPSA) is 84.9 Å². The van der Waals surface area contributed by atoms with Crippen LogP contribution in [0.4, 0.5) is 0 Å². The van der Waals surface area contributed by atoms with Crippen LogP contribution in [0.5, 0.6) is 11.5 Å². The van der Waals surface area contributed by atoms with Crippen molar-refractivity contribution in [2.75, 3.05) is 14.2 Å². The van der Waals surface area contributed by atoms with Gasteiger partial charge in [0.25, 0.3) is 0 Å². The lowest BCUT2D eigenvalue weighted by atomic mass is 9.78. The molecule has 6 nitrogen and oxygen atoms in total. The van der Waals surface area contributed by atoms with Crippen molar-refractivity contribution in [1.82, 2.24) is 5.32 Å². The fourth-order valence-corrected chi connectivity index (χ4v) is 4.32. The third-order valence-corrected chi connectivity index (χ3v) is 5.42. The standard InChI is InChI=1S/C18H23NO5/c1-23-13-6-3-10(7-14(13)24-2)9-19-17(20)15-11-4-5-12(8-11)16(15)18(21)22/h3,6-7,11-12,15-16H,4-5,8-9H2,1-2H3,(H,19,20)(H,21,22)/t11-,12+,15-,16+/m1/s1. The van der Waals surface area contributed by atoms with E-state index in [1.807, 2.05) is 12.1 Å². The van der Waals surface area contributed by atoms with Crippen LogP contribution >= 0.6 is 0 Å². The highest BCUT2D eigenvalue weighted by Gasteiger charge is 2.53. The Hall–Kier alpha value is -2.24. The molecule has 0 spiro atoms. The van der Waals surface area contributed by atoms with Crippen LogP contribution in [-0.2, 0) is 16.1 Å². The number of aliphatic carboxylic acids is 1. The SMILES string of the molecule is COc1ccc(CNC(=O)[C@@H]2[C@@H]3CC[C@@H](C3)[C@@H]2C(=O)O)cc1OC. The molecule has 6 heteroatoms. The predicted octanol–water partition coefficient (Wildman–Crippen LogP) is 2.07. The van der Waals surface area contributed by atoms with Crippen LogP contribution < -0.4 is 14.8 Å². The number of carboxylic acids is 1. The number of nitrogens with one attached hydrogen (secondary N) is 1. The van der Waals surface area contributed by atoms with Gasteiger partial charge in [-0.2, -0.15) is 0 Å². The minimum atomic E-state index is -0.839. The van der Waals surface area contributed by atoms with E-state index in [0.717, 1.165) is 24.8 Å². The summed E-state index contributed by atoms with van der Waals surface area (Å²) in [5, 5.41) is 12.4. The summed E-state index contributed by atoms with van der Waals surface area (Å²) >= 11 is 0. The number of rotatable bonds is 6. The summed E-state index contributed by atoms with van der Waals surface area (Å²) in [6.45, 7) is 0.347. The maximum absolute atomic E-state index is 12.6. The van der Waals surface area contributed by atoms with Gasteiger partial charge in [-0.25, -0.2) is 0 Å². The van der Waals surface area contributed by atoms with Crippen LogP contribution in [0.3, 0.4) is 0 Å². The quantitative estimate of drug-likeness (QED) is 0.832. The first-order valence-corrected chi connectivity index (χ1v) is 8.26. The maximum atomic E-state index is 12.6. The second-order valence-corrected chi connectivity index (χ2v) is 6.63. The number of carbonyl (C=O) groups is 2. The number of methoxy groups -OCH3 is 2. The fourth-order valence-electron chi connectivity index (χ4n) is 4.32. The number of carbonyl (C=O) groups excluding carboxylic acids is 1. The first-order chi connectivity index (χ1) is 11.5. The van der Waals surface area contributed by atoms with E-state index in [2.05, 4.69) is 5.32 Å². The van der Waals surface area contributed by atoms with E-state index >= 15 is 0 Å². The lowest BCUT2D eigenvalue weighted by molar-refractivity contribution is -0.149. The smallest absolute Gasteiger partial charge is 0.307 e. The highest BCUT2D eigenvalue weighted by atomic mass is 16.5. The minimum Gasteiger partial charge on any atom is -0.493 e. The van der Waals surface area contributed by atoms with Crippen molar-refractivity contribution in [2.45, 2.75) is 25.8 Å². The van der Waals surface area contributed by atoms with E-state index in [0.29, 0.717) is 18.0 Å². The van der Waals surface area contributed by atoms with Gasteiger partial charge in [-0.05, 0) is 48.8 Å². The Bertz CT molecular complexity index is 644. The minimum absolute atomic E-state index is 0.149. The summed E-state index contributed by atoms with van der Waals surface area (Å²) < 4.78 is 10.5. The second kappa shape index (κ2) is 6.71. The lowest BCUT2D eigenvalue weighted by Gasteiger charge is -2.27. The Balaban J connectivity index is 1.66. The summed E-state index contributed by atoms with van der Waals surface area (Å²) in [7, 11) is 3.13. The largest absolute Gasteiger partial charge is 0.493 e. The molecule has 2 saturated carbocycles. The van der Waals surface area contributed by atoms with Crippen LogP contribution in [0.25, 0.3) is 0 Å². The van der Waals surface area contributed by atoms with Crippen molar-refractivity contribution < 1.29 is 24.2 Å². The molecule has 2 bridgehead atoms. The van der Waals surface area contributed by atoms with Crippen LogP contribution in [-0.4, -0.2) is 31.2 Å². The summed E-state index contributed by atoms with van der Waals surface area (Å²) in [4.78, 5) is 24.1. The Morgan fingerprint density at radius 2 is 1.79 bits per heavy atom. The molecular formula is C18H23NO5. The van der Waals surface area contributed by atoms with Crippen LogP contribution in [0.1, 0.15) is 24.8 Å². The van der Waals surface area contributed by atoms with E-state index in [4.69, 9.17) is 9.47 Å². The Morgan fingerprint density at radius 1 is 1.12 bits per heavy atom. The number of ether oxygens (including phenoxy) is 2. The van der Waals surface area contributed by atoms with Crippen LogP contribution in [0, 0.1) is 23.7 Å². The molecule has 1 aromatic rings. The molecule has 1 aromatic carbocycles. The highest BCUT2D eigenvalue weighted by molar-refractivity contribution is 5.86. The van der Waals surface area contributed by atoms with E-state index in [-0.39, 0.29) is 17.7 Å². The van der Waals surface area contributed by atoms with Gasteiger partial charge < -0.3 is 19.9 Å². The van der Waals surface area contributed by atoms with E-state index in [1.54, 1.807) is 20.3 Å². The summed E-state index contributed by atoms with van der Waals surface area (Å²) in [5.74, 6) is -0.321. The van der Waals surface area contributed by atoms with Gasteiger partial charge in [0.05, 0.1) is 26.1 Å². The molecule has 2 aliphatic rings. The molecule has 2 N–H and O–H groups in total. The molecule has 1 amide bonds. The monoisotopic (exact) mass is 333 g/mol. The summed E-state index contributed by atoms with van der Waals surface area (Å²) in [5.41, 5.74) is 0.885.